The lowest BCUT2D eigenvalue weighted by Crippen LogP contribution is -2.25. The molecule has 4 nitrogen and oxygen atoms in total. The lowest BCUT2D eigenvalue weighted by atomic mass is 10.2. The number of nitrogens with zero attached hydrogens (tertiary/aromatic N) is 1. The molecule has 3 rings (SSSR count). The van der Waals surface area contributed by atoms with E-state index in [4.69, 9.17) is 8.83 Å². The molecule has 21 heavy (non-hydrogen) atoms. The van der Waals surface area contributed by atoms with Crippen molar-refractivity contribution in [1.29, 1.82) is 0 Å². The first-order valence-corrected chi connectivity index (χ1v) is 7.89. The predicted octanol–water partition coefficient (Wildman–Crippen LogP) is 3.54. The summed E-state index contributed by atoms with van der Waals surface area (Å²) in [5.74, 6) is 2.10. The fraction of sp³-hybridized carbons (Fsp3) is 0.529. The first-order chi connectivity index (χ1) is 10.4. The van der Waals surface area contributed by atoms with Gasteiger partial charge in [-0.15, -0.1) is 0 Å². The van der Waals surface area contributed by atoms with Crippen LogP contribution in [0.5, 0.6) is 0 Å². The van der Waals surface area contributed by atoms with Crippen LogP contribution >= 0.6 is 0 Å². The van der Waals surface area contributed by atoms with Crippen molar-refractivity contribution in [2.24, 2.45) is 0 Å². The molecule has 0 radical (unpaired) electrons. The van der Waals surface area contributed by atoms with Gasteiger partial charge in [0.2, 0.25) is 0 Å². The highest BCUT2D eigenvalue weighted by molar-refractivity contribution is 5.17. The molecular weight excluding hydrogens is 264 g/mol. The highest BCUT2D eigenvalue weighted by atomic mass is 16.3. The molecule has 1 aliphatic carbocycles. The van der Waals surface area contributed by atoms with Gasteiger partial charge in [-0.05, 0) is 44.0 Å². The van der Waals surface area contributed by atoms with Crippen molar-refractivity contribution in [2.75, 3.05) is 6.54 Å². The molecule has 2 heterocycles. The van der Waals surface area contributed by atoms with Gasteiger partial charge in [-0.25, -0.2) is 0 Å². The molecule has 0 unspecified atom stereocenters. The van der Waals surface area contributed by atoms with Gasteiger partial charge in [0, 0.05) is 18.2 Å². The molecule has 1 N–H and O–H groups in total. The van der Waals surface area contributed by atoms with Crippen LogP contribution in [0.15, 0.2) is 39.6 Å². The van der Waals surface area contributed by atoms with E-state index in [1.165, 1.54) is 18.4 Å². The molecule has 0 bridgehead atoms. The summed E-state index contributed by atoms with van der Waals surface area (Å²) in [6.07, 6.45) is 7.28. The number of rotatable bonds is 9. The maximum Gasteiger partial charge on any atom is 0.122 e. The normalized spacial score (nSPS) is 15.0. The average molecular weight is 288 g/mol. The van der Waals surface area contributed by atoms with E-state index in [0.29, 0.717) is 6.04 Å². The Morgan fingerprint density at radius 1 is 1.19 bits per heavy atom. The van der Waals surface area contributed by atoms with E-state index in [1.807, 2.05) is 6.07 Å². The largest absolute Gasteiger partial charge is 0.468 e. The third-order valence-electron chi connectivity index (χ3n) is 3.93. The molecule has 1 saturated carbocycles. The van der Waals surface area contributed by atoms with Crippen LogP contribution in [0.2, 0.25) is 0 Å². The molecule has 0 aromatic carbocycles. The lowest BCUT2D eigenvalue weighted by molar-refractivity contribution is 0.223. The van der Waals surface area contributed by atoms with Crippen LogP contribution in [0.3, 0.4) is 0 Å². The van der Waals surface area contributed by atoms with Crippen molar-refractivity contribution in [3.05, 3.63) is 47.8 Å². The van der Waals surface area contributed by atoms with Gasteiger partial charge in [0.15, 0.2) is 0 Å². The second kappa shape index (κ2) is 6.96. The molecule has 2 aromatic heterocycles. The zero-order valence-corrected chi connectivity index (χ0v) is 12.7. The van der Waals surface area contributed by atoms with Crippen molar-refractivity contribution in [2.45, 2.75) is 51.9 Å². The van der Waals surface area contributed by atoms with Crippen molar-refractivity contribution in [3.8, 4) is 0 Å². The van der Waals surface area contributed by atoms with E-state index in [0.717, 1.165) is 44.1 Å². The Morgan fingerprint density at radius 3 is 2.81 bits per heavy atom. The van der Waals surface area contributed by atoms with Gasteiger partial charge >= 0.3 is 0 Å². The van der Waals surface area contributed by atoms with Crippen LogP contribution in [0.25, 0.3) is 0 Å². The SMILES string of the molecule is CCCNCc1occc1CN(Cc1ccco1)C1CC1. The molecule has 0 atom stereocenters. The molecule has 4 heteroatoms. The molecule has 114 valence electrons. The van der Waals surface area contributed by atoms with E-state index < -0.39 is 0 Å². The maximum atomic E-state index is 5.63. The molecule has 0 saturated heterocycles. The van der Waals surface area contributed by atoms with E-state index in [9.17, 15) is 0 Å². The summed E-state index contributed by atoms with van der Waals surface area (Å²) in [5, 5.41) is 3.41. The Labute approximate surface area is 126 Å². The highest BCUT2D eigenvalue weighted by Crippen LogP contribution is 2.30. The summed E-state index contributed by atoms with van der Waals surface area (Å²) in [6.45, 7) is 5.83. The first kappa shape index (κ1) is 14.4. The van der Waals surface area contributed by atoms with E-state index in [2.05, 4.69) is 29.3 Å². The second-order valence-electron chi connectivity index (χ2n) is 5.76. The number of hydrogen-bond donors (Lipinski definition) is 1. The molecular formula is C17H24N2O2. The minimum atomic E-state index is 0.696. The van der Waals surface area contributed by atoms with Gasteiger partial charge in [-0.1, -0.05) is 6.92 Å². The van der Waals surface area contributed by atoms with E-state index >= 15 is 0 Å². The summed E-state index contributed by atoms with van der Waals surface area (Å²) < 4.78 is 11.1. The van der Waals surface area contributed by atoms with Crippen LogP contribution in [0.1, 0.15) is 43.3 Å². The molecule has 0 spiro atoms. The van der Waals surface area contributed by atoms with E-state index in [1.54, 1.807) is 12.5 Å². The standard InChI is InChI=1S/C17H24N2O2/c1-2-8-18-11-17-14(7-10-21-17)12-19(15-5-6-15)13-16-4-3-9-20-16/h3-4,7,9-10,15,18H,2,5-6,8,11-13H2,1H3. The molecule has 0 amide bonds. The summed E-state index contributed by atoms with van der Waals surface area (Å²) in [6, 6.07) is 6.80. The number of nitrogens with one attached hydrogen (secondary N) is 1. The van der Waals surface area contributed by atoms with Crippen molar-refractivity contribution in [1.82, 2.24) is 10.2 Å². The van der Waals surface area contributed by atoms with Crippen LogP contribution in [0, 0.1) is 0 Å². The Morgan fingerprint density at radius 2 is 2.10 bits per heavy atom. The third-order valence-corrected chi connectivity index (χ3v) is 3.93. The van der Waals surface area contributed by atoms with Crippen LogP contribution in [-0.2, 0) is 19.6 Å². The van der Waals surface area contributed by atoms with Crippen molar-refractivity contribution < 1.29 is 8.83 Å². The Bertz CT molecular complexity index is 529. The second-order valence-corrected chi connectivity index (χ2v) is 5.76. The Balaban J connectivity index is 1.61. The van der Waals surface area contributed by atoms with Gasteiger partial charge in [-0.2, -0.15) is 0 Å². The summed E-state index contributed by atoms with van der Waals surface area (Å²) >= 11 is 0. The van der Waals surface area contributed by atoms with Crippen molar-refractivity contribution in [3.63, 3.8) is 0 Å². The summed E-state index contributed by atoms with van der Waals surface area (Å²) in [7, 11) is 0. The molecule has 1 fully saturated rings. The quantitative estimate of drug-likeness (QED) is 0.717. The fourth-order valence-electron chi connectivity index (χ4n) is 2.62. The van der Waals surface area contributed by atoms with Gasteiger partial charge in [-0.3, -0.25) is 4.90 Å². The Kier molecular flexibility index (Phi) is 4.78. The zero-order chi connectivity index (χ0) is 14.5. The van der Waals surface area contributed by atoms with Gasteiger partial charge in [0.1, 0.15) is 11.5 Å². The van der Waals surface area contributed by atoms with Crippen molar-refractivity contribution >= 4 is 0 Å². The lowest BCUT2D eigenvalue weighted by Gasteiger charge is -2.20. The first-order valence-electron chi connectivity index (χ1n) is 7.89. The summed E-state index contributed by atoms with van der Waals surface area (Å²) in [4.78, 5) is 2.49. The van der Waals surface area contributed by atoms with Crippen LogP contribution < -0.4 is 5.32 Å². The van der Waals surface area contributed by atoms with Crippen LogP contribution in [-0.4, -0.2) is 17.5 Å². The minimum Gasteiger partial charge on any atom is -0.468 e. The maximum absolute atomic E-state index is 5.63. The third kappa shape index (κ3) is 3.99. The monoisotopic (exact) mass is 288 g/mol. The topological polar surface area (TPSA) is 41.6 Å². The molecule has 2 aromatic rings. The number of hydrogen-bond acceptors (Lipinski definition) is 4. The average Bonchev–Trinajstić information content (AvgIpc) is 3.04. The summed E-state index contributed by atoms with van der Waals surface area (Å²) in [5.41, 5.74) is 1.29. The zero-order valence-electron chi connectivity index (χ0n) is 12.7. The van der Waals surface area contributed by atoms with Gasteiger partial charge < -0.3 is 14.2 Å². The smallest absolute Gasteiger partial charge is 0.122 e. The van der Waals surface area contributed by atoms with E-state index in [-0.39, 0.29) is 0 Å². The van der Waals surface area contributed by atoms with Gasteiger partial charge in [0.05, 0.1) is 25.6 Å². The molecule has 0 aliphatic heterocycles. The van der Waals surface area contributed by atoms with Gasteiger partial charge in [0.25, 0.3) is 0 Å². The number of furan rings is 2. The predicted molar refractivity (Wildman–Crippen MR) is 81.7 cm³/mol. The van der Waals surface area contributed by atoms with Crippen LogP contribution in [0.4, 0.5) is 0 Å². The fourth-order valence-corrected chi connectivity index (χ4v) is 2.62. The molecule has 1 aliphatic rings. The minimum absolute atomic E-state index is 0.696. The highest BCUT2D eigenvalue weighted by Gasteiger charge is 2.30. The Hall–Kier alpha value is -1.52.